The average Bonchev–Trinajstić information content (AvgIpc) is 2.53. The van der Waals surface area contributed by atoms with Gasteiger partial charge in [0, 0.05) is 17.5 Å². The summed E-state index contributed by atoms with van der Waals surface area (Å²) in [7, 11) is 0. The van der Waals surface area contributed by atoms with Gasteiger partial charge in [0.2, 0.25) is 0 Å². The predicted octanol–water partition coefficient (Wildman–Crippen LogP) is 2.37. The van der Waals surface area contributed by atoms with Gasteiger partial charge in [0.15, 0.2) is 0 Å². The first-order valence-corrected chi connectivity index (χ1v) is 4.64. The van der Waals surface area contributed by atoms with Crippen LogP contribution in [0.1, 0.15) is 18.0 Å². The topological polar surface area (TPSA) is 29.1 Å². The normalized spacial score (nSPS) is 20.6. The van der Waals surface area contributed by atoms with E-state index in [0.29, 0.717) is 13.0 Å². The van der Waals surface area contributed by atoms with Crippen LogP contribution >= 0.6 is 24.0 Å². The number of hydrogen-bond acceptors (Lipinski definition) is 2. The third kappa shape index (κ3) is 2.47. The van der Waals surface area contributed by atoms with Crippen molar-refractivity contribution in [3.63, 3.8) is 0 Å². The van der Waals surface area contributed by atoms with Gasteiger partial charge in [-0.25, -0.2) is 0 Å². The first-order valence-electron chi connectivity index (χ1n) is 4.26. The summed E-state index contributed by atoms with van der Waals surface area (Å²) in [6, 6.07) is 7.80. The quantitative estimate of drug-likeness (QED) is 0.805. The van der Waals surface area contributed by atoms with E-state index in [-0.39, 0.29) is 24.2 Å². The molecule has 0 spiro atoms. The smallest absolute Gasteiger partial charge is 0.148 e. The van der Waals surface area contributed by atoms with Crippen molar-refractivity contribution in [2.24, 2.45) is 0 Å². The molecular formula is C10H11Cl2NO. The number of hydrogen-bond donors (Lipinski definition) is 1. The lowest BCUT2D eigenvalue weighted by Crippen LogP contribution is -2.13. The van der Waals surface area contributed by atoms with Gasteiger partial charge in [0.05, 0.1) is 6.54 Å². The van der Waals surface area contributed by atoms with Crippen molar-refractivity contribution in [3.8, 4) is 0 Å². The zero-order valence-electron chi connectivity index (χ0n) is 7.50. The number of Topliss-reactive ketones (excluding diaryl/α,β-unsaturated/α-hetero) is 1. The lowest BCUT2D eigenvalue weighted by atomic mass is 10.1. The molecule has 2 nitrogen and oxygen atoms in total. The second kappa shape index (κ2) is 4.78. The summed E-state index contributed by atoms with van der Waals surface area (Å²) < 4.78 is 0. The Morgan fingerprint density at radius 1 is 1.29 bits per heavy atom. The van der Waals surface area contributed by atoms with Gasteiger partial charge in [-0.05, 0) is 17.7 Å². The van der Waals surface area contributed by atoms with E-state index in [1.54, 1.807) is 0 Å². The molecular weight excluding hydrogens is 221 g/mol. The Hall–Kier alpha value is -0.570. The Labute approximate surface area is 94.1 Å². The molecule has 0 amide bonds. The molecule has 1 N–H and O–H groups in total. The van der Waals surface area contributed by atoms with E-state index in [1.165, 1.54) is 0 Å². The molecule has 1 aromatic carbocycles. The summed E-state index contributed by atoms with van der Waals surface area (Å²) in [5.74, 6) is 0.278. The van der Waals surface area contributed by atoms with E-state index in [9.17, 15) is 4.79 Å². The van der Waals surface area contributed by atoms with Crippen molar-refractivity contribution in [2.45, 2.75) is 12.5 Å². The number of carbonyl (C=O) groups excluding carboxylic acids is 1. The highest BCUT2D eigenvalue weighted by Crippen LogP contribution is 2.22. The summed E-state index contributed by atoms with van der Waals surface area (Å²) in [6.07, 6.45) is 0.599. The Morgan fingerprint density at radius 3 is 2.43 bits per heavy atom. The number of halogens is 2. The Kier molecular flexibility index (Phi) is 3.93. The fourth-order valence-corrected chi connectivity index (χ4v) is 1.67. The minimum Gasteiger partial charge on any atom is -0.303 e. The van der Waals surface area contributed by atoms with Gasteiger partial charge >= 0.3 is 0 Å². The Morgan fingerprint density at radius 2 is 1.93 bits per heavy atom. The Bertz CT molecular complexity index is 323. The molecule has 14 heavy (non-hydrogen) atoms. The molecule has 2 rings (SSSR count). The average molecular weight is 232 g/mol. The summed E-state index contributed by atoms with van der Waals surface area (Å²) >= 11 is 5.76. The maximum absolute atomic E-state index is 11.0. The largest absolute Gasteiger partial charge is 0.303 e. The van der Waals surface area contributed by atoms with Crippen molar-refractivity contribution < 1.29 is 4.79 Å². The standard InChI is InChI=1S/C10H10ClNO.ClH/c11-8-3-1-7(2-4-8)10-5-9(13)6-12-10;/h1-4,10,12H,5-6H2;1H. The fraction of sp³-hybridized carbons (Fsp3) is 0.300. The first-order chi connectivity index (χ1) is 6.25. The van der Waals surface area contributed by atoms with Crippen LogP contribution in [-0.2, 0) is 4.79 Å². The molecule has 4 heteroatoms. The van der Waals surface area contributed by atoms with Crippen LogP contribution in [0.3, 0.4) is 0 Å². The molecule has 1 aliphatic heterocycles. The molecule has 1 aliphatic rings. The van der Waals surface area contributed by atoms with Crippen LogP contribution in [0.15, 0.2) is 24.3 Å². The highest BCUT2D eigenvalue weighted by Gasteiger charge is 2.22. The van der Waals surface area contributed by atoms with Crippen LogP contribution in [0.4, 0.5) is 0 Å². The number of carbonyl (C=O) groups is 1. The van der Waals surface area contributed by atoms with Gasteiger partial charge < -0.3 is 5.32 Å². The predicted molar refractivity (Wildman–Crippen MR) is 59.1 cm³/mol. The molecule has 0 bridgehead atoms. The minimum atomic E-state index is 0. The second-order valence-electron chi connectivity index (χ2n) is 3.23. The molecule has 1 atom stereocenters. The van der Waals surface area contributed by atoms with E-state index in [1.807, 2.05) is 24.3 Å². The highest BCUT2D eigenvalue weighted by molar-refractivity contribution is 6.30. The summed E-state index contributed by atoms with van der Waals surface area (Å²) in [5.41, 5.74) is 1.13. The molecule has 0 aliphatic carbocycles. The van der Waals surface area contributed by atoms with Crippen LogP contribution < -0.4 is 5.32 Å². The van der Waals surface area contributed by atoms with Gasteiger partial charge in [-0.3, -0.25) is 4.79 Å². The van der Waals surface area contributed by atoms with Crippen molar-refractivity contribution >= 4 is 29.8 Å². The lowest BCUT2D eigenvalue weighted by molar-refractivity contribution is -0.116. The molecule has 1 saturated heterocycles. The van der Waals surface area contributed by atoms with Crippen LogP contribution in [0.2, 0.25) is 5.02 Å². The molecule has 0 radical (unpaired) electrons. The first kappa shape index (κ1) is 11.5. The van der Waals surface area contributed by atoms with Crippen LogP contribution in [-0.4, -0.2) is 12.3 Å². The third-order valence-electron chi connectivity index (χ3n) is 2.25. The molecule has 1 heterocycles. The van der Waals surface area contributed by atoms with Crippen molar-refractivity contribution in [2.75, 3.05) is 6.54 Å². The molecule has 1 fully saturated rings. The number of nitrogens with one attached hydrogen (secondary N) is 1. The number of benzene rings is 1. The van der Waals surface area contributed by atoms with E-state index < -0.39 is 0 Å². The maximum Gasteiger partial charge on any atom is 0.148 e. The molecule has 0 aromatic heterocycles. The zero-order chi connectivity index (χ0) is 9.26. The van der Waals surface area contributed by atoms with Crippen molar-refractivity contribution in [1.82, 2.24) is 5.32 Å². The third-order valence-corrected chi connectivity index (χ3v) is 2.50. The molecule has 1 aromatic rings. The summed E-state index contributed by atoms with van der Waals surface area (Å²) in [5, 5.41) is 3.88. The van der Waals surface area contributed by atoms with Crippen LogP contribution in [0.25, 0.3) is 0 Å². The van der Waals surface area contributed by atoms with E-state index in [0.717, 1.165) is 10.6 Å². The minimum absolute atomic E-state index is 0. The fourth-order valence-electron chi connectivity index (χ4n) is 1.54. The van der Waals surface area contributed by atoms with Gasteiger partial charge in [-0.1, -0.05) is 23.7 Å². The van der Waals surface area contributed by atoms with Gasteiger partial charge in [0.1, 0.15) is 5.78 Å². The monoisotopic (exact) mass is 231 g/mol. The van der Waals surface area contributed by atoms with Crippen molar-refractivity contribution in [3.05, 3.63) is 34.9 Å². The van der Waals surface area contributed by atoms with Crippen LogP contribution in [0, 0.1) is 0 Å². The van der Waals surface area contributed by atoms with Gasteiger partial charge in [0.25, 0.3) is 0 Å². The number of ketones is 1. The molecule has 76 valence electrons. The zero-order valence-corrected chi connectivity index (χ0v) is 9.07. The van der Waals surface area contributed by atoms with Crippen LogP contribution in [0.5, 0.6) is 0 Å². The van der Waals surface area contributed by atoms with E-state index >= 15 is 0 Å². The van der Waals surface area contributed by atoms with Gasteiger partial charge in [-0.2, -0.15) is 0 Å². The lowest BCUT2D eigenvalue weighted by Gasteiger charge is -2.08. The van der Waals surface area contributed by atoms with Gasteiger partial charge in [-0.15, -0.1) is 12.4 Å². The van der Waals surface area contributed by atoms with E-state index in [4.69, 9.17) is 11.6 Å². The van der Waals surface area contributed by atoms with E-state index in [2.05, 4.69) is 5.32 Å². The molecule has 0 saturated carbocycles. The number of rotatable bonds is 1. The highest BCUT2D eigenvalue weighted by atomic mass is 35.5. The second-order valence-corrected chi connectivity index (χ2v) is 3.66. The Balaban J connectivity index is 0.000000980. The summed E-state index contributed by atoms with van der Waals surface area (Å²) in [4.78, 5) is 11.0. The summed E-state index contributed by atoms with van der Waals surface area (Å²) in [6.45, 7) is 0.493. The maximum atomic E-state index is 11.0. The molecule has 1 unspecified atom stereocenters. The van der Waals surface area contributed by atoms with Crippen molar-refractivity contribution in [1.29, 1.82) is 0 Å². The SMILES string of the molecule is Cl.O=C1CNC(c2ccc(Cl)cc2)C1.